The van der Waals surface area contributed by atoms with Gasteiger partial charge >= 0.3 is 0 Å². The summed E-state index contributed by atoms with van der Waals surface area (Å²) in [4.78, 5) is 12.5. The summed E-state index contributed by atoms with van der Waals surface area (Å²) in [5, 5.41) is 9.23. The van der Waals surface area contributed by atoms with Crippen molar-refractivity contribution in [3.05, 3.63) is 6.33 Å². The second-order valence-corrected chi connectivity index (χ2v) is 4.59. The number of nitrogens with zero attached hydrogens (tertiary/aromatic N) is 4. The number of aliphatic hydroxyl groups excluding tert-OH is 1. The van der Waals surface area contributed by atoms with E-state index in [1.165, 1.54) is 0 Å². The van der Waals surface area contributed by atoms with E-state index >= 15 is 0 Å². The fourth-order valence-electron chi connectivity index (χ4n) is 2.02. The molecule has 0 saturated carbocycles. The standard InChI is InChI=1S/C13H21N5O3.C2H6/c1-4-9(6-19)21-8(3)18-7-15-10-11(18)16-13(14)17-12(10)20-5-2;1-2/h7-9,19H,4-6H2,1-3H3,(H2,14,16,17);1-2H3. The molecule has 0 aliphatic rings. The van der Waals surface area contributed by atoms with Crippen molar-refractivity contribution in [2.24, 2.45) is 0 Å². The van der Waals surface area contributed by atoms with Crippen LogP contribution in [0.25, 0.3) is 11.2 Å². The Balaban J connectivity index is 0.00000127. The van der Waals surface area contributed by atoms with Gasteiger partial charge in [0.05, 0.1) is 25.6 Å². The van der Waals surface area contributed by atoms with E-state index in [2.05, 4.69) is 15.0 Å². The van der Waals surface area contributed by atoms with Gasteiger partial charge in [0.15, 0.2) is 11.2 Å². The molecule has 2 unspecified atom stereocenters. The van der Waals surface area contributed by atoms with Gasteiger partial charge in [-0.1, -0.05) is 20.8 Å². The molecule has 0 aliphatic heterocycles. The number of ether oxygens (including phenoxy) is 2. The molecule has 0 saturated heterocycles. The highest BCUT2D eigenvalue weighted by molar-refractivity contribution is 5.77. The highest BCUT2D eigenvalue weighted by Crippen LogP contribution is 2.25. The summed E-state index contributed by atoms with van der Waals surface area (Å²) in [7, 11) is 0. The molecule has 0 bridgehead atoms. The molecular weight excluding hydrogens is 298 g/mol. The van der Waals surface area contributed by atoms with Crippen LogP contribution < -0.4 is 10.5 Å². The van der Waals surface area contributed by atoms with Crippen molar-refractivity contribution in [1.29, 1.82) is 0 Å². The summed E-state index contributed by atoms with van der Waals surface area (Å²) >= 11 is 0. The number of nitrogen functional groups attached to an aromatic ring is 1. The molecular formula is C15H27N5O3. The van der Waals surface area contributed by atoms with E-state index in [9.17, 15) is 5.11 Å². The van der Waals surface area contributed by atoms with E-state index in [-0.39, 0.29) is 24.9 Å². The zero-order valence-corrected chi connectivity index (χ0v) is 14.5. The number of rotatable bonds is 7. The minimum Gasteiger partial charge on any atom is -0.476 e. The second-order valence-electron chi connectivity index (χ2n) is 4.59. The maximum atomic E-state index is 9.23. The molecule has 0 amide bonds. The van der Waals surface area contributed by atoms with Crippen molar-refractivity contribution in [3.63, 3.8) is 0 Å². The van der Waals surface area contributed by atoms with Crippen molar-refractivity contribution < 1.29 is 14.6 Å². The summed E-state index contributed by atoms with van der Waals surface area (Å²) in [5.74, 6) is 0.481. The monoisotopic (exact) mass is 325 g/mol. The van der Waals surface area contributed by atoms with Crippen LogP contribution in [-0.4, -0.2) is 43.9 Å². The summed E-state index contributed by atoms with van der Waals surface area (Å²) in [6.07, 6.45) is 1.75. The van der Waals surface area contributed by atoms with Crippen LogP contribution in [0.1, 0.15) is 47.3 Å². The third-order valence-electron chi connectivity index (χ3n) is 3.13. The highest BCUT2D eigenvalue weighted by atomic mass is 16.5. The maximum Gasteiger partial charge on any atom is 0.247 e. The zero-order valence-electron chi connectivity index (χ0n) is 14.5. The number of nitrogens with two attached hydrogens (primary N) is 1. The number of fused-ring (bicyclic) bond motifs is 1. The van der Waals surface area contributed by atoms with Gasteiger partial charge in [0, 0.05) is 0 Å². The van der Waals surface area contributed by atoms with Crippen LogP contribution in [0.4, 0.5) is 5.95 Å². The Morgan fingerprint density at radius 1 is 1.30 bits per heavy atom. The predicted molar refractivity (Wildman–Crippen MR) is 89.2 cm³/mol. The van der Waals surface area contributed by atoms with Gasteiger partial charge in [0.2, 0.25) is 11.8 Å². The first-order valence-electron chi connectivity index (χ1n) is 7.99. The quantitative estimate of drug-likeness (QED) is 0.802. The molecule has 130 valence electrons. The molecule has 0 aromatic carbocycles. The van der Waals surface area contributed by atoms with Gasteiger partial charge in [0.1, 0.15) is 6.23 Å². The second kappa shape index (κ2) is 9.26. The van der Waals surface area contributed by atoms with E-state index in [4.69, 9.17) is 15.2 Å². The van der Waals surface area contributed by atoms with E-state index < -0.39 is 0 Å². The Labute approximate surface area is 136 Å². The lowest BCUT2D eigenvalue weighted by atomic mass is 10.3. The summed E-state index contributed by atoms with van der Waals surface area (Å²) in [5.41, 5.74) is 6.80. The topological polar surface area (TPSA) is 108 Å². The van der Waals surface area contributed by atoms with Crippen LogP contribution in [0, 0.1) is 0 Å². The predicted octanol–water partition coefficient (Wildman–Crippen LogP) is 2.14. The van der Waals surface area contributed by atoms with E-state index in [1.54, 1.807) is 10.9 Å². The van der Waals surface area contributed by atoms with Gasteiger partial charge in [-0.15, -0.1) is 0 Å². The molecule has 2 aromatic rings. The third-order valence-corrected chi connectivity index (χ3v) is 3.13. The van der Waals surface area contributed by atoms with Gasteiger partial charge in [0.25, 0.3) is 0 Å². The molecule has 8 nitrogen and oxygen atoms in total. The Bertz CT molecular complexity index is 598. The first kappa shape index (κ1) is 19.1. The molecule has 2 atom stereocenters. The summed E-state index contributed by atoms with van der Waals surface area (Å²) in [6, 6.07) is 0. The van der Waals surface area contributed by atoms with Gasteiger partial charge in [-0.2, -0.15) is 9.97 Å². The Morgan fingerprint density at radius 2 is 2.00 bits per heavy atom. The lowest BCUT2D eigenvalue weighted by molar-refractivity contribution is -0.0647. The number of anilines is 1. The molecule has 3 N–H and O–H groups in total. The van der Waals surface area contributed by atoms with Crippen molar-refractivity contribution in [3.8, 4) is 5.88 Å². The van der Waals surface area contributed by atoms with E-state index in [0.29, 0.717) is 23.7 Å². The van der Waals surface area contributed by atoms with Gasteiger partial charge in [-0.05, 0) is 20.3 Å². The summed E-state index contributed by atoms with van der Waals surface area (Å²) in [6.45, 7) is 10.1. The molecule has 23 heavy (non-hydrogen) atoms. The van der Waals surface area contributed by atoms with Gasteiger partial charge in [-0.3, -0.25) is 4.57 Å². The minimum absolute atomic E-state index is 0.0329. The highest BCUT2D eigenvalue weighted by Gasteiger charge is 2.18. The van der Waals surface area contributed by atoms with Crippen molar-refractivity contribution >= 4 is 17.1 Å². The first-order valence-corrected chi connectivity index (χ1v) is 7.99. The molecule has 8 heteroatoms. The van der Waals surface area contributed by atoms with Crippen LogP contribution in [0.3, 0.4) is 0 Å². The smallest absolute Gasteiger partial charge is 0.247 e. The lowest BCUT2D eigenvalue weighted by Gasteiger charge is -2.20. The molecule has 0 aliphatic carbocycles. The maximum absolute atomic E-state index is 9.23. The van der Waals surface area contributed by atoms with Crippen LogP contribution in [0.5, 0.6) is 5.88 Å². The zero-order chi connectivity index (χ0) is 17.4. The van der Waals surface area contributed by atoms with E-state index in [0.717, 1.165) is 6.42 Å². The van der Waals surface area contributed by atoms with Crippen LogP contribution in [-0.2, 0) is 4.74 Å². The van der Waals surface area contributed by atoms with Crippen molar-refractivity contribution in [2.45, 2.75) is 53.4 Å². The molecule has 0 radical (unpaired) electrons. The molecule has 2 aromatic heterocycles. The fourth-order valence-corrected chi connectivity index (χ4v) is 2.02. The normalized spacial score (nSPS) is 13.3. The first-order chi connectivity index (χ1) is 11.1. The third kappa shape index (κ3) is 4.52. The number of hydrogen-bond donors (Lipinski definition) is 2. The minimum atomic E-state index is -0.337. The van der Waals surface area contributed by atoms with Crippen molar-refractivity contribution in [1.82, 2.24) is 19.5 Å². The Hall–Kier alpha value is -1.93. The Kier molecular flexibility index (Phi) is 7.70. The van der Waals surface area contributed by atoms with Crippen LogP contribution >= 0.6 is 0 Å². The number of imidazole rings is 1. The van der Waals surface area contributed by atoms with Crippen LogP contribution in [0.2, 0.25) is 0 Å². The average molecular weight is 325 g/mol. The largest absolute Gasteiger partial charge is 0.476 e. The molecule has 0 spiro atoms. The SMILES string of the molecule is CC.CCOc1nc(N)nc2c1ncn2C(C)OC(CC)CO. The Morgan fingerprint density at radius 3 is 2.57 bits per heavy atom. The molecule has 2 heterocycles. The van der Waals surface area contributed by atoms with E-state index in [1.807, 2.05) is 34.6 Å². The lowest BCUT2D eigenvalue weighted by Crippen LogP contribution is -2.21. The average Bonchev–Trinajstić information content (AvgIpc) is 2.98. The molecule has 0 fully saturated rings. The van der Waals surface area contributed by atoms with Crippen LogP contribution in [0.15, 0.2) is 6.33 Å². The van der Waals surface area contributed by atoms with Gasteiger partial charge in [-0.25, -0.2) is 4.98 Å². The fraction of sp³-hybridized carbons (Fsp3) is 0.667. The van der Waals surface area contributed by atoms with Gasteiger partial charge < -0.3 is 20.3 Å². The molecule has 2 rings (SSSR count). The number of hydrogen-bond acceptors (Lipinski definition) is 7. The van der Waals surface area contributed by atoms with Crippen molar-refractivity contribution in [2.75, 3.05) is 18.9 Å². The number of aliphatic hydroxyl groups is 1. The number of aromatic nitrogens is 4. The summed E-state index contributed by atoms with van der Waals surface area (Å²) < 4.78 is 12.9.